The van der Waals surface area contributed by atoms with Gasteiger partial charge in [0.15, 0.2) is 0 Å². The molecule has 3 heterocycles. The van der Waals surface area contributed by atoms with Gasteiger partial charge in [-0.1, -0.05) is 11.2 Å². The highest BCUT2D eigenvalue weighted by Crippen LogP contribution is 2.32. The van der Waals surface area contributed by atoms with Crippen LogP contribution in [0, 0.1) is 12.8 Å². The maximum absolute atomic E-state index is 5.77. The lowest BCUT2D eigenvalue weighted by molar-refractivity contribution is 0.0434. The first-order valence-electron chi connectivity index (χ1n) is 5.56. The molecular formula is C12H14N2O2. The zero-order chi connectivity index (χ0) is 11.0. The van der Waals surface area contributed by atoms with Crippen molar-refractivity contribution in [1.82, 2.24) is 4.98 Å². The summed E-state index contributed by atoms with van der Waals surface area (Å²) < 4.78 is 5.77. The van der Waals surface area contributed by atoms with Crippen LogP contribution in [0.15, 0.2) is 23.5 Å². The van der Waals surface area contributed by atoms with Crippen LogP contribution >= 0.6 is 0 Å². The average Bonchev–Trinajstić information content (AvgIpc) is 2.77. The van der Waals surface area contributed by atoms with Crippen molar-refractivity contribution in [3.05, 3.63) is 29.6 Å². The zero-order valence-corrected chi connectivity index (χ0v) is 9.22. The lowest BCUT2D eigenvalue weighted by atomic mass is 9.92. The van der Waals surface area contributed by atoms with Crippen molar-refractivity contribution >= 4 is 5.71 Å². The summed E-state index contributed by atoms with van der Waals surface area (Å²) in [5.74, 6) is 0.431. The Bertz CT molecular complexity index is 414. The molecule has 0 spiro atoms. The molecular weight excluding hydrogens is 204 g/mol. The summed E-state index contributed by atoms with van der Waals surface area (Å²) in [6.07, 6.45) is 2.99. The first-order valence-corrected chi connectivity index (χ1v) is 5.56. The van der Waals surface area contributed by atoms with Gasteiger partial charge in [-0.25, -0.2) is 0 Å². The number of ether oxygens (including phenoxy) is 1. The Hall–Kier alpha value is -1.42. The van der Waals surface area contributed by atoms with Gasteiger partial charge in [0.2, 0.25) is 0 Å². The van der Waals surface area contributed by atoms with Crippen molar-refractivity contribution in [3.8, 4) is 0 Å². The highest BCUT2D eigenvalue weighted by atomic mass is 16.6. The third-order valence-corrected chi connectivity index (χ3v) is 3.17. The summed E-state index contributed by atoms with van der Waals surface area (Å²) in [5, 5.41) is 3.98. The highest BCUT2D eigenvalue weighted by molar-refractivity contribution is 5.89. The average molecular weight is 218 g/mol. The van der Waals surface area contributed by atoms with Crippen LogP contribution in [-0.4, -0.2) is 23.9 Å². The number of fused-ring (bicyclic) bond motifs is 1. The van der Waals surface area contributed by atoms with Gasteiger partial charge in [-0.05, 0) is 25.0 Å². The number of aryl methyl sites for hydroxylation is 1. The third-order valence-electron chi connectivity index (χ3n) is 3.17. The number of pyridine rings is 1. The van der Waals surface area contributed by atoms with Crippen molar-refractivity contribution in [2.24, 2.45) is 11.1 Å². The van der Waals surface area contributed by atoms with Crippen LogP contribution in [0.1, 0.15) is 23.8 Å². The molecule has 0 saturated carbocycles. The van der Waals surface area contributed by atoms with Gasteiger partial charge in [-0.3, -0.25) is 4.98 Å². The van der Waals surface area contributed by atoms with Crippen LogP contribution in [0.2, 0.25) is 0 Å². The first-order chi connectivity index (χ1) is 7.83. The summed E-state index contributed by atoms with van der Waals surface area (Å²) in [6.45, 7) is 3.28. The standard InChI is InChI=1S/C12H14N2O2/c1-8-2-3-9(5-13-8)12-4-10-6-16-14-11(10)7-15-12/h2-3,5,10,12H,4,6-7H2,1H3. The number of nitrogens with zero attached hydrogens (tertiary/aromatic N) is 2. The molecule has 0 aromatic carbocycles. The van der Waals surface area contributed by atoms with Crippen molar-refractivity contribution < 1.29 is 9.57 Å². The summed E-state index contributed by atoms with van der Waals surface area (Å²) in [5.41, 5.74) is 3.24. The second-order valence-electron chi connectivity index (χ2n) is 4.34. The quantitative estimate of drug-likeness (QED) is 0.722. The molecule has 0 radical (unpaired) electrons. The molecule has 1 saturated heterocycles. The van der Waals surface area contributed by atoms with Crippen molar-refractivity contribution in [2.75, 3.05) is 13.2 Å². The number of hydrogen-bond acceptors (Lipinski definition) is 4. The predicted molar refractivity (Wildman–Crippen MR) is 59.2 cm³/mol. The largest absolute Gasteiger partial charge is 0.395 e. The molecule has 0 bridgehead atoms. The minimum Gasteiger partial charge on any atom is -0.395 e. The Morgan fingerprint density at radius 1 is 1.38 bits per heavy atom. The van der Waals surface area contributed by atoms with Gasteiger partial charge in [-0.15, -0.1) is 0 Å². The van der Waals surface area contributed by atoms with Crippen LogP contribution in [0.25, 0.3) is 0 Å². The summed E-state index contributed by atoms with van der Waals surface area (Å²) in [6, 6.07) is 4.11. The molecule has 0 N–H and O–H groups in total. The maximum Gasteiger partial charge on any atom is 0.125 e. The number of oxime groups is 1. The van der Waals surface area contributed by atoms with Gasteiger partial charge >= 0.3 is 0 Å². The van der Waals surface area contributed by atoms with Crippen molar-refractivity contribution in [2.45, 2.75) is 19.4 Å². The van der Waals surface area contributed by atoms with E-state index in [4.69, 9.17) is 9.57 Å². The maximum atomic E-state index is 5.77. The number of aromatic nitrogens is 1. The van der Waals surface area contributed by atoms with Crippen molar-refractivity contribution in [3.63, 3.8) is 0 Å². The van der Waals surface area contributed by atoms with E-state index in [1.807, 2.05) is 19.2 Å². The molecule has 84 valence electrons. The highest BCUT2D eigenvalue weighted by Gasteiger charge is 2.32. The van der Waals surface area contributed by atoms with Crippen LogP contribution in [0.5, 0.6) is 0 Å². The van der Waals surface area contributed by atoms with Gasteiger partial charge in [0, 0.05) is 17.8 Å². The van der Waals surface area contributed by atoms with Crippen molar-refractivity contribution in [1.29, 1.82) is 0 Å². The van der Waals surface area contributed by atoms with Crippen LogP contribution in [0.3, 0.4) is 0 Å². The molecule has 2 unspecified atom stereocenters. The van der Waals surface area contributed by atoms with E-state index in [1.165, 1.54) is 0 Å². The fourth-order valence-corrected chi connectivity index (χ4v) is 2.14. The topological polar surface area (TPSA) is 43.7 Å². The molecule has 4 nitrogen and oxygen atoms in total. The third kappa shape index (κ3) is 1.69. The fraction of sp³-hybridized carbons (Fsp3) is 0.500. The smallest absolute Gasteiger partial charge is 0.125 e. The van der Waals surface area contributed by atoms with Gasteiger partial charge in [0.05, 0.1) is 18.4 Å². The molecule has 1 aromatic rings. The van der Waals surface area contributed by atoms with Gasteiger partial charge in [-0.2, -0.15) is 0 Å². The predicted octanol–water partition coefficient (Wildman–Crippen LogP) is 1.85. The van der Waals surface area contributed by atoms with E-state index in [1.54, 1.807) is 0 Å². The minimum atomic E-state index is 0.138. The second-order valence-corrected chi connectivity index (χ2v) is 4.34. The Balaban J connectivity index is 1.77. The molecule has 0 amide bonds. The second kappa shape index (κ2) is 3.87. The SMILES string of the molecule is Cc1ccc(C2CC3CON=C3CO2)cn1. The lowest BCUT2D eigenvalue weighted by Crippen LogP contribution is -2.28. The zero-order valence-electron chi connectivity index (χ0n) is 9.22. The molecule has 0 aliphatic carbocycles. The lowest BCUT2D eigenvalue weighted by Gasteiger charge is -2.26. The Labute approximate surface area is 94.3 Å². The molecule has 2 aliphatic heterocycles. The van der Waals surface area contributed by atoms with Gasteiger partial charge in [0.1, 0.15) is 6.61 Å². The summed E-state index contributed by atoms with van der Waals surface area (Å²) in [7, 11) is 0. The van der Waals surface area contributed by atoms with E-state index in [0.29, 0.717) is 19.1 Å². The molecule has 2 aliphatic rings. The van der Waals surface area contributed by atoms with E-state index in [-0.39, 0.29) is 6.10 Å². The Kier molecular flexibility index (Phi) is 2.36. The summed E-state index contributed by atoms with van der Waals surface area (Å²) in [4.78, 5) is 9.39. The van der Waals surface area contributed by atoms with E-state index < -0.39 is 0 Å². The Morgan fingerprint density at radius 3 is 3.12 bits per heavy atom. The van der Waals surface area contributed by atoms with Gasteiger partial charge < -0.3 is 9.57 Å². The van der Waals surface area contributed by atoms with Gasteiger partial charge in [0.25, 0.3) is 0 Å². The molecule has 1 fully saturated rings. The van der Waals surface area contributed by atoms with Crippen LogP contribution in [0.4, 0.5) is 0 Å². The van der Waals surface area contributed by atoms with E-state index in [2.05, 4.69) is 16.2 Å². The molecule has 2 atom stereocenters. The van der Waals surface area contributed by atoms with E-state index in [9.17, 15) is 0 Å². The fourth-order valence-electron chi connectivity index (χ4n) is 2.14. The number of rotatable bonds is 1. The summed E-state index contributed by atoms with van der Waals surface area (Å²) >= 11 is 0. The van der Waals surface area contributed by atoms with E-state index >= 15 is 0 Å². The molecule has 4 heteroatoms. The molecule has 3 rings (SSSR count). The molecule has 1 aromatic heterocycles. The number of hydrogen-bond donors (Lipinski definition) is 0. The van der Waals surface area contributed by atoms with Crippen LogP contribution in [-0.2, 0) is 9.57 Å². The monoisotopic (exact) mass is 218 g/mol. The van der Waals surface area contributed by atoms with Crippen LogP contribution < -0.4 is 0 Å². The molecule has 16 heavy (non-hydrogen) atoms. The Morgan fingerprint density at radius 2 is 2.31 bits per heavy atom. The first kappa shape index (κ1) is 9.78. The minimum absolute atomic E-state index is 0.138. The normalized spacial score (nSPS) is 28.2. The van der Waals surface area contributed by atoms with E-state index in [0.717, 1.165) is 23.4 Å².